The normalized spacial score (nSPS) is 21.3. The minimum atomic E-state index is 0.192. The number of hydrogen-bond donors (Lipinski definition) is 1. The van der Waals surface area contributed by atoms with Gasteiger partial charge in [-0.25, -0.2) is 4.98 Å². The third-order valence-corrected chi connectivity index (χ3v) is 4.87. The monoisotopic (exact) mass is 279 g/mol. The van der Waals surface area contributed by atoms with E-state index in [4.69, 9.17) is 0 Å². The van der Waals surface area contributed by atoms with Crippen LogP contribution >= 0.6 is 11.8 Å². The van der Waals surface area contributed by atoms with Crippen LogP contribution in [-0.4, -0.2) is 38.8 Å². The highest BCUT2D eigenvalue weighted by Crippen LogP contribution is 2.30. The Morgan fingerprint density at radius 1 is 1.21 bits per heavy atom. The van der Waals surface area contributed by atoms with Gasteiger partial charge >= 0.3 is 0 Å². The molecule has 104 valence electrons. The SMILES string of the molecule is CSc1nc(O)c2c(n1)CN(C1CCCCC1)CC2. The third kappa shape index (κ3) is 2.72. The Balaban J connectivity index is 1.80. The maximum atomic E-state index is 9.98. The molecule has 0 unspecified atom stereocenters. The lowest BCUT2D eigenvalue weighted by atomic mass is 9.92. The van der Waals surface area contributed by atoms with Crippen molar-refractivity contribution in [1.82, 2.24) is 14.9 Å². The molecule has 0 atom stereocenters. The summed E-state index contributed by atoms with van der Waals surface area (Å²) in [7, 11) is 0. The Bertz CT molecular complexity index is 460. The maximum absolute atomic E-state index is 9.98. The van der Waals surface area contributed by atoms with Crippen LogP contribution in [0.15, 0.2) is 5.16 Å². The molecule has 1 aliphatic heterocycles. The van der Waals surface area contributed by atoms with Gasteiger partial charge in [0, 0.05) is 24.7 Å². The van der Waals surface area contributed by atoms with Crippen molar-refractivity contribution >= 4 is 11.8 Å². The number of aromatic hydroxyl groups is 1. The summed E-state index contributed by atoms with van der Waals surface area (Å²) in [6, 6.07) is 0.719. The van der Waals surface area contributed by atoms with Crippen molar-refractivity contribution in [2.24, 2.45) is 0 Å². The van der Waals surface area contributed by atoms with E-state index in [0.29, 0.717) is 5.16 Å². The molecular weight excluding hydrogens is 258 g/mol. The Morgan fingerprint density at radius 3 is 2.74 bits per heavy atom. The van der Waals surface area contributed by atoms with Gasteiger partial charge in [-0.2, -0.15) is 4.98 Å². The van der Waals surface area contributed by atoms with Gasteiger partial charge in [0.1, 0.15) is 0 Å². The van der Waals surface area contributed by atoms with Crippen LogP contribution in [0.4, 0.5) is 0 Å². The minimum absolute atomic E-state index is 0.192. The molecule has 1 N–H and O–H groups in total. The number of aromatic nitrogens is 2. The zero-order valence-corrected chi connectivity index (χ0v) is 12.2. The van der Waals surface area contributed by atoms with Crippen molar-refractivity contribution in [3.8, 4) is 5.88 Å². The largest absolute Gasteiger partial charge is 0.493 e. The average molecular weight is 279 g/mol. The second-order valence-corrected chi connectivity index (χ2v) is 6.24. The van der Waals surface area contributed by atoms with Gasteiger partial charge < -0.3 is 5.11 Å². The fourth-order valence-electron chi connectivity index (χ4n) is 3.26. The lowest BCUT2D eigenvalue weighted by Gasteiger charge is -2.37. The molecule has 1 aromatic rings. The van der Waals surface area contributed by atoms with Crippen LogP contribution in [0.1, 0.15) is 43.4 Å². The molecule has 19 heavy (non-hydrogen) atoms. The van der Waals surface area contributed by atoms with Crippen LogP contribution < -0.4 is 0 Å². The second kappa shape index (κ2) is 5.67. The molecule has 1 aliphatic carbocycles. The van der Waals surface area contributed by atoms with Crippen molar-refractivity contribution < 1.29 is 5.11 Å². The predicted molar refractivity (Wildman–Crippen MR) is 76.5 cm³/mol. The molecule has 3 rings (SSSR count). The van der Waals surface area contributed by atoms with Gasteiger partial charge in [0.15, 0.2) is 5.16 Å². The van der Waals surface area contributed by atoms with Gasteiger partial charge in [0.2, 0.25) is 5.88 Å². The second-order valence-electron chi connectivity index (χ2n) is 5.47. The number of hydrogen-bond acceptors (Lipinski definition) is 5. The maximum Gasteiger partial charge on any atom is 0.218 e. The molecule has 1 aromatic heterocycles. The first-order valence-electron chi connectivity index (χ1n) is 7.14. The highest BCUT2D eigenvalue weighted by molar-refractivity contribution is 7.98. The first kappa shape index (κ1) is 13.2. The molecule has 0 amide bonds. The summed E-state index contributed by atoms with van der Waals surface area (Å²) in [6.45, 7) is 1.91. The summed E-state index contributed by atoms with van der Waals surface area (Å²) in [5.74, 6) is 0.192. The fourth-order valence-corrected chi connectivity index (χ4v) is 3.64. The fraction of sp³-hybridized carbons (Fsp3) is 0.714. The van der Waals surface area contributed by atoms with Gasteiger partial charge in [0.05, 0.1) is 5.69 Å². The van der Waals surface area contributed by atoms with Crippen molar-refractivity contribution in [2.45, 2.75) is 56.3 Å². The number of nitrogens with zero attached hydrogens (tertiary/aromatic N) is 3. The van der Waals surface area contributed by atoms with Gasteiger partial charge in [-0.3, -0.25) is 4.90 Å². The first-order valence-corrected chi connectivity index (χ1v) is 8.37. The quantitative estimate of drug-likeness (QED) is 0.666. The molecule has 0 saturated heterocycles. The lowest BCUT2D eigenvalue weighted by molar-refractivity contribution is 0.137. The molecule has 0 spiro atoms. The van der Waals surface area contributed by atoms with Crippen LogP contribution in [0, 0.1) is 0 Å². The number of thioether (sulfide) groups is 1. The summed E-state index contributed by atoms with van der Waals surface area (Å²) in [5, 5.41) is 10.7. The molecule has 0 bridgehead atoms. The standard InChI is InChI=1S/C14H21N3OS/c1-19-14-15-12-9-17(10-5-3-2-4-6-10)8-7-11(12)13(18)16-14/h10H,2-9H2,1H3,(H,15,16,18). The van der Waals surface area contributed by atoms with Gasteiger partial charge in [0.25, 0.3) is 0 Å². The van der Waals surface area contributed by atoms with E-state index in [0.717, 1.165) is 36.8 Å². The van der Waals surface area contributed by atoms with E-state index < -0.39 is 0 Å². The van der Waals surface area contributed by atoms with Gasteiger partial charge in [-0.15, -0.1) is 0 Å². The molecule has 0 aromatic carbocycles. The van der Waals surface area contributed by atoms with E-state index in [9.17, 15) is 5.11 Å². The summed E-state index contributed by atoms with van der Waals surface area (Å²) in [5.41, 5.74) is 2.00. The summed E-state index contributed by atoms with van der Waals surface area (Å²) >= 11 is 1.49. The lowest BCUT2D eigenvalue weighted by Crippen LogP contribution is -2.40. The molecule has 2 aliphatic rings. The Hall–Kier alpha value is -0.810. The van der Waals surface area contributed by atoms with Crippen LogP contribution in [0.2, 0.25) is 0 Å². The summed E-state index contributed by atoms with van der Waals surface area (Å²) in [6.07, 6.45) is 9.58. The van der Waals surface area contributed by atoms with Gasteiger partial charge in [-0.05, 0) is 25.5 Å². The zero-order valence-electron chi connectivity index (χ0n) is 11.4. The minimum Gasteiger partial charge on any atom is -0.493 e. The Morgan fingerprint density at radius 2 is 2.00 bits per heavy atom. The average Bonchev–Trinajstić information content (AvgIpc) is 2.47. The number of rotatable bonds is 2. The topological polar surface area (TPSA) is 49.3 Å². The Labute approximate surface area is 118 Å². The highest BCUT2D eigenvalue weighted by Gasteiger charge is 2.27. The van der Waals surface area contributed by atoms with E-state index in [1.54, 1.807) is 0 Å². The zero-order chi connectivity index (χ0) is 13.2. The summed E-state index contributed by atoms with van der Waals surface area (Å²) < 4.78 is 0. The van der Waals surface area contributed by atoms with Crippen molar-refractivity contribution in [3.05, 3.63) is 11.3 Å². The van der Waals surface area contributed by atoms with Crippen molar-refractivity contribution in [2.75, 3.05) is 12.8 Å². The number of fused-ring (bicyclic) bond motifs is 1. The van der Waals surface area contributed by atoms with E-state index in [1.165, 1.54) is 43.9 Å². The van der Waals surface area contributed by atoms with Gasteiger partial charge in [-0.1, -0.05) is 31.0 Å². The molecule has 5 heteroatoms. The summed E-state index contributed by atoms with van der Waals surface area (Å²) in [4.78, 5) is 11.3. The van der Waals surface area contributed by atoms with E-state index in [1.807, 2.05) is 6.26 Å². The Kier molecular flexibility index (Phi) is 3.93. The molecule has 2 heterocycles. The highest BCUT2D eigenvalue weighted by atomic mass is 32.2. The van der Waals surface area contributed by atoms with Crippen LogP contribution in [0.3, 0.4) is 0 Å². The van der Waals surface area contributed by atoms with E-state index in [2.05, 4.69) is 14.9 Å². The van der Waals surface area contributed by atoms with Crippen LogP contribution in [-0.2, 0) is 13.0 Å². The van der Waals surface area contributed by atoms with Crippen LogP contribution in [0.25, 0.3) is 0 Å². The molecule has 0 radical (unpaired) electrons. The first-order chi connectivity index (χ1) is 9.28. The molecule has 1 saturated carbocycles. The van der Waals surface area contributed by atoms with Crippen molar-refractivity contribution in [3.63, 3.8) is 0 Å². The smallest absolute Gasteiger partial charge is 0.218 e. The van der Waals surface area contributed by atoms with E-state index >= 15 is 0 Å². The molecule has 4 nitrogen and oxygen atoms in total. The van der Waals surface area contributed by atoms with E-state index in [-0.39, 0.29) is 5.88 Å². The molecule has 1 fully saturated rings. The van der Waals surface area contributed by atoms with Crippen LogP contribution in [0.5, 0.6) is 5.88 Å². The predicted octanol–water partition coefficient (Wildman–Crippen LogP) is 2.59. The van der Waals surface area contributed by atoms with Crippen molar-refractivity contribution in [1.29, 1.82) is 0 Å². The third-order valence-electron chi connectivity index (χ3n) is 4.33. The molecular formula is C14H21N3OS.